The molecule has 128 valence electrons. The zero-order chi connectivity index (χ0) is 16.9. The minimum Gasteiger partial charge on any atom is -0.360 e. The van der Waals surface area contributed by atoms with Crippen LogP contribution in [0, 0.1) is 5.92 Å². The number of benzene rings is 1. The van der Waals surface area contributed by atoms with Gasteiger partial charge in [-0.25, -0.2) is 0 Å². The molecule has 0 N–H and O–H groups in total. The fourth-order valence-electron chi connectivity index (χ4n) is 3.30. The lowest BCUT2D eigenvalue weighted by atomic mass is 9.90. The van der Waals surface area contributed by atoms with Crippen LogP contribution in [-0.2, 0) is 13.0 Å². The lowest BCUT2D eigenvalue weighted by Gasteiger charge is -2.31. The van der Waals surface area contributed by atoms with Gasteiger partial charge in [-0.05, 0) is 38.1 Å². The molecule has 3 rings (SSSR count). The number of aromatic nitrogens is 1. The van der Waals surface area contributed by atoms with Crippen molar-refractivity contribution in [1.82, 2.24) is 10.1 Å². The van der Waals surface area contributed by atoms with Crippen LogP contribution in [0.15, 0.2) is 39.8 Å². The van der Waals surface area contributed by atoms with Gasteiger partial charge < -0.3 is 4.52 Å². The number of Topliss-reactive ketones (excluding diaryl/α,β-unsaturated/α-hetero) is 1. The van der Waals surface area contributed by atoms with Gasteiger partial charge in [0, 0.05) is 29.0 Å². The van der Waals surface area contributed by atoms with E-state index >= 15 is 0 Å². The van der Waals surface area contributed by atoms with E-state index in [2.05, 4.69) is 17.0 Å². The first-order chi connectivity index (χ1) is 11.7. The van der Waals surface area contributed by atoms with Crippen LogP contribution in [0.1, 0.15) is 41.6 Å². The predicted octanol–water partition coefficient (Wildman–Crippen LogP) is 4.05. The van der Waals surface area contributed by atoms with Crippen molar-refractivity contribution < 1.29 is 9.32 Å². The number of ketones is 1. The van der Waals surface area contributed by atoms with Crippen molar-refractivity contribution in [3.05, 3.63) is 47.3 Å². The summed E-state index contributed by atoms with van der Waals surface area (Å²) in [5.41, 5.74) is 1.85. The Bertz CT molecular complexity index is 698. The summed E-state index contributed by atoms with van der Waals surface area (Å²) in [6, 6.07) is 9.95. The van der Waals surface area contributed by atoms with E-state index in [1.807, 2.05) is 36.6 Å². The van der Waals surface area contributed by atoms with Gasteiger partial charge in [0.25, 0.3) is 0 Å². The number of carbonyl (C=O) groups excluding carboxylic acids is 1. The normalized spacial score (nSPS) is 18.7. The van der Waals surface area contributed by atoms with Gasteiger partial charge in [0.2, 0.25) is 0 Å². The Balaban J connectivity index is 1.67. The molecule has 24 heavy (non-hydrogen) atoms. The number of likely N-dealkylation sites (tertiary alicyclic amines) is 1. The molecule has 1 fully saturated rings. The van der Waals surface area contributed by atoms with Crippen LogP contribution in [0.4, 0.5) is 0 Å². The lowest BCUT2D eigenvalue weighted by molar-refractivity contribution is 0.0796. The van der Waals surface area contributed by atoms with Crippen LogP contribution < -0.4 is 0 Å². The molecule has 1 aromatic carbocycles. The quantitative estimate of drug-likeness (QED) is 0.584. The lowest BCUT2D eigenvalue weighted by Crippen LogP contribution is -2.38. The maximum atomic E-state index is 13.0. The fraction of sp³-hybridized carbons (Fsp3) is 0.474. The van der Waals surface area contributed by atoms with E-state index in [0.717, 1.165) is 60.8 Å². The number of hydrogen-bond donors (Lipinski definition) is 0. The van der Waals surface area contributed by atoms with Crippen molar-refractivity contribution in [2.24, 2.45) is 5.92 Å². The van der Waals surface area contributed by atoms with Crippen molar-refractivity contribution in [1.29, 1.82) is 0 Å². The van der Waals surface area contributed by atoms with Crippen LogP contribution in [0.25, 0.3) is 0 Å². The zero-order valence-corrected chi connectivity index (χ0v) is 15.1. The Morgan fingerprint density at radius 1 is 1.42 bits per heavy atom. The van der Waals surface area contributed by atoms with Crippen LogP contribution in [0.2, 0.25) is 0 Å². The molecule has 0 amide bonds. The summed E-state index contributed by atoms with van der Waals surface area (Å²) < 4.78 is 5.40. The molecule has 0 spiro atoms. The summed E-state index contributed by atoms with van der Waals surface area (Å²) in [6.45, 7) is 4.61. The molecule has 4 nitrogen and oxygen atoms in total. The standard InChI is InChI=1S/C19H24N2O2S/c1-3-15-11-16(23-20-15)13-21-10-6-7-14(12-21)19(22)17-8-4-5-9-18(17)24-2/h4-5,8-9,11,14H,3,6-7,10,12-13H2,1-2H3. The molecular weight excluding hydrogens is 320 g/mol. The molecule has 1 aromatic heterocycles. The second kappa shape index (κ2) is 7.99. The van der Waals surface area contributed by atoms with Gasteiger partial charge in [-0.2, -0.15) is 0 Å². The first-order valence-electron chi connectivity index (χ1n) is 8.55. The smallest absolute Gasteiger partial charge is 0.168 e. The number of rotatable bonds is 6. The Labute approximate surface area is 147 Å². The van der Waals surface area contributed by atoms with Crippen LogP contribution in [-0.4, -0.2) is 35.2 Å². The molecule has 0 bridgehead atoms. The highest BCUT2D eigenvalue weighted by Gasteiger charge is 2.28. The molecule has 1 saturated heterocycles. The third-order valence-corrected chi connectivity index (χ3v) is 5.39. The van der Waals surface area contributed by atoms with Crippen molar-refractivity contribution in [2.75, 3.05) is 19.3 Å². The number of aryl methyl sites for hydroxylation is 1. The van der Waals surface area contributed by atoms with Gasteiger partial charge in [-0.1, -0.05) is 30.3 Å². The van der Waals surface area contributed by atoms with Crippen LogP contribution in [0.3, 0.4) is 0 Å². The highest BCUT2D eigenvalue weighted by atomic mass is 32.2. The molecule has 5 heteroatoms. The van der Waals surface area contributed by atoms with Crippen LogP contribution in [0.5, 0.6) is 0 Å². The van der Waals surface area contributed by atoms with E-state index in [0.29, 0.717) is 0 Å². The highest BCUT2D eigenvalue weighted by Crippen LogP contribution is 2.27. The molecule has 1 aliphatic heterocycles. The number of nitrogens with zero attached hydrogens (tertiary/aromatic N) is 2. The van der Waals surface area contributed by atoms with Gasteiger partial charge in [0.1, 0.15) is 0 Å². The molecule has 0 radical (unpaired) electrons. The average molecular weight is 344 g/mol. The fourth-order valence-corrected chi connectivity index (χ4v) is 3.90. The van der Waals surface area contributed by atoms with Crippen molar-refractivity contribution in [3.8, 4) is 0 Å². The number of hydrogen-bond acceptors (Lipinski definition) is 5. The molecule has 1 aliphatic rings. The number of piperidine rings is 1. The van der Waals surface area contributed by atoms with Gasteiger partial charge in [-0.15, -0.1) is 11.8 Å². The molecular formula is C19H24N2O2S. The van der Waals surface area contributed by atoms with Crippen molar-refractivity contribution >= 4 is 17.5 Å². The Kier molecular flexibility index (Phi) is 5.74. The van der Waals surface area contributed by atoms with E-state index in [-0.39, 0.29) is 11.7 Å². The average Bonchev–Trinajstić information content (AvgIpc) is 3.09. The van der Waals surface area contributed by atoms with Crippen molar-refractivity contribution in [2.45, 2.75) is 37.6 Å². The summed E-state index contributed by atoms with van der Waals surface area (Å²) in [5.74, 6) is 1.24. The molecule has 0 saturated carbocycles. The third kappa shape index (κ3) is 3.90. The minimum absolute atomic E-state index is 0.0700. The molecule has 0 aliphatic carbocycles. The Hall–Kier alpha value is -1.59. The highest BCUT2D eigenvalue weighted by molar-refractivity contribution is 7.98. The first-order valence-corrected chi connectivity index (χ1v) is 9.77. The Morgan fingerprint density at radius 3 is 3.00 bits per heavy atom. The van der Waals surface area contributed by atoms with E-state index in [1.54, 1.807) is 11.8 Å². The molecule has 2 heterocycles. The summed E-state index contributed by atoms with van der Waals surface area (Å²) in [6.07, 6.45) is 4.92. The minimum atomic E-state index is 0.0700. The third-order valence-electron chi connectivity index (χ3n) is 4.60. The maximum Gasteiger partial charge on any atom is 0.168 e. The van der Waals surface area contributed by atoms with E-state index in [1.165, 1.54) is 0 Å². The molecule has 1 atom stereocenters. The van der Waals surface area contributed by atoms with Crippen molar-refractivity contribution in [3.63, 3.8) is 0 Å². The van der Waals surface area contributed by atoms with Crippen LogP contribution >= 0.6 is 11.8 Å². The Morgan fingerprint density at radius 2 is 2.25 bits per heavy atom. The summed E-state index contributed by atoms with van der Waals surface area (Å²) in [7, 11) is 0. The number of carbonyl (C=O) groups is 1. The molecule has 2 aromatic rings. The molecule has 1 unspecified atom stereocenters. The SMILES string of the molecule is CCc1cc(CN2CCCC(C(=O)c3ccccc3SC)C2)on1. The first kappa shape index (κ1) is 17.2. The van der Waals surface area contributed by atoms with Gasteiger partial charge >= 0.3 is 0 Å². The maximum absolute atomic E-state index is 13.0. The van der Waals surface area contributed by atoms with Gasteiger partial charge in [0.05, 0.1) is 12.2 Å². The van der Waals surface area contributed by atoms with E-state index in [9.17, 15) is 4.79 Å². The van der Waals surface area contributed by atoms with Gasteiger partial charge in [-0.3, -0.25) is 9.69 Å². The monoisotopic (exact) mass is 344 g/mol. The summed E-state index contributed by atoms with van der Waals surface area (Å²) in [4.78, 5) is 16.3. The van der Waals surface area contributed by atoms with E-state index in [4.69, 9.17) is 4.52 Å². The number of thioether (sulfide) groups is 1. The summed E-state index contributed by atoms with van der Waals surface area (Å²) in [5, 5.41) is 4.05. The second-order valence-corrected chi connectivity index (χ2v) is 7.12. The van der Waals surface area contributed by atoms with E-state index < -0.39 is 0 Å². The predicted molar refractivity (Wildman–Crippen MR) is 96.4 cm³/mol. The largest absolute Gasteiger partial charge is 0.360 e. The zero-order valence-electron chi connectivity index (χ0n) is 14.3. The second-order valence-electron chi connectivity index (χ2n) is 6.28. The van der Waals surface area contributed by atoms with Gasteiger partial charge in [0.15, 0.2) is 11.5 Å². The summed E-state index contributed by atoms with van der Waals surface area (Å²) >= 11 is 1.64. The topological polar surface area (TPSA) is 46.3 Å².